The Morgan fingerprint density at radius 3 is 2.30 bits per heavy atom. The lowest BCUT2D eigenvalue weighted by molar-refractivity contribution is -0.137. The number of sulfone groups is 1. The molecule has 2 aromatic carbocycles. The van der Waals surface area contributed by atoms with Gasteiger partial charge in [-0.3, -0.25) is 4.79 Å². The van der Waals surface area contributed by atoms with Gasteiger partial charge in [0, 0.05) is 5.69 Å². The number of rotatable bonds is 6. The van der Waals surface area contributed by atoms with E-state index in [9.17, 15) is 31.5 Å². The first kappa shape index (κ1) is 20.9. The number of hydrogen-bond donors (Lipinski definition) is 2. The summed E-state index contributed by atoms with van der Waals surface area (Å²) in [5.74, 6) is -2.36. The van der Waals surface area contributed by atoms with Crippen LogP contribution in [0.2, 0.25) is 0 Å². The molecule has 0 spiro atoms. The molecule has 0 saturated carbocycles. The van der Waals surface area contributed by atoms with Crippen LogP contribution < -0.4 is 5.32 Å². The van der Waals surface area contributed by atoms with Crippen LogP contribution in [0.25, 0.3) is 0 Å². The molecule has 27 heavy (non-hydrogen) atoms. The quantitative estimate of drug-likeness (QED) is 0.780. The fourth-order valence-electron chi connectivity index (χ4n) is 2.41. The van der Waals surface area contributed by atoms with Crippen LogP contribution in [-0.4, -0.2) is 30.8 Å². The summed E-state index contributed by atoms with van der Waals surface area (Å²) in [6.45, 7) is 0.998. The number of carbonyl (C=O) groups is 1. The van der Waals surface area contributed by atoms with E-state index < -0.39 is 38.8 Å². The van der Waals surface area contributed by atoms with Gasteiger partial charge in [0.1, 0.15) is 0 Å². The fraction of sp³-hybridized carbons (Fsp3) is 0.278. The van der Waals surface area contributed by atoms with Crippen molar-refractivity contribution in [1.29, 1.82) is 0 Å². The largest absolute Gasteiger partial charge is 0.416 e. The lowest BCUT2D eigenvalue weighted by Gasteiger charge is -2.22. The van der Waals surface area contributed by atoms with Crippen molar-refractivity contribution in [2.75, 3.05) is 11.1 Å². The standard InChI is InChI=1S/C18H18F3NO4S/c1-17(24,12-27(25,26)11-13-6-3-2-4-7-13)16(23)22-15-9-5-8-14(10-15)18(19,20)21/h2-10,24H,11-12H2,1H3,(H,22,23). The molecular weight excluding hydrogens is 383 g/mol. The minimum atomic E-state index is -4.59. The summed E-state index contributed by atoms with van der Waals surface area (Å²) in [4.78, 5) is 12.2. The average molecular weight is 401 g/mol. The molecule has 0 aliphatic rings. The van der Waals surface area contributed by atoms with Gasteiger partial charge in [-0.15, -0.1) is 0 Å². The zero-order chi connectivity index (χ0) is 20.3. The van der Waals surface area contributed by atoms with Crippen molar-refractivity contribution in [3.05, 3.63) is 65.7 Å². The first-order valence-corrected chi connectivity index (χ1v) is 9.67. The van der Waals surface area contributed by atoms with Gasteiger partial charge < -0.3 is 10.4 Å². The molecule has 0 aliphatic carbocycles. The summed E-state index contributed by atoms with van der Waals surface area (Å²) in [6, 6.07) is 12.1. The second-order valence-electron chi connectivity index (χ2n) is 6.32. The Morgan fingerprint density at radius 2 is 1.70 bits per heavy atom. The van der Waals surface area contributed by atoms with Gasteiger partial charge in [0.05, 0.1) is 17.1 Å². The monoisotopic (exact) mass is 401 g/mol. The third-order valence-electron chi connectivity index (χ3n) is 3.67. The lowest BCUT2D eigenvalue weighted by atomic mass is 10.1. The molecule has 0 fully saturated rings. The number of benzene rings is 2. The minimum Gasteiger partial charge on any atom is -0.379 e. The Balaban J connectivity index is 2.11. The summed E-state index contributed by atoms with van der Waals surface area (Å²) < 4.78 is 62.7. The number of aliphatic hydroxyl groups is 1. The van der Waals surface area contributed by atoms with Crippen LogP contribution >= 0.6 is 0 Å². The summed E-state index contributed by atoms with van der Waals surface area (Å²) in [6.07, 6.45) is -4.59. The van der Waals surface area contributed by atoms with Crippen molar-refractivity contribution in [1.82, 2.24) is 0 Å². The van der Waals surface area contributed by atoms with Gasteiger partial charge in [-0.05, 0) is 30.7 Å². The number of halogens is 3. The summed E-state index contributed by atoms with van der Waals surface area (Å²) >= 11 is 0. The van der Waals surface area contributed by atoms with Crippen LogP contribution in [0.5, 0.6) is 0 Å². The fourth-order valence-corrected chi connectivity index (χ4v) is 4.20. The SMILES string of the molecule is CC(O)(CS(=O)(=O)Cc1ccccc1)C(=O)Nc1cccc(C(F)(F)F)c1. The smallest absolute Gasteiger partial charge is 0.379 e. The topological polar surface area (TPSA) is 83.5 Å². The maximum absolute atomic E-state index is 12.7. The molecule has 146 valence electrons. The molecule has 2 aromatic rings. The van der Waals surface area contributed by atoms with Crippen molar-refractivity contribution < 1.29 is 31.5 Å². The maximum Gasteiger partial charge on any atom is 0.416 e. The molecule has 1 atom stereocenters. The Kier molecular flexibility index (Phi) is 5.96. The lowest BCUT2D eigenvalue weighted by Crippen LogP contribution is -2.46. The van der Waals surface area contributed by atoms with Crippen molar-refractivity contribution in [2.24, 2.45) is 0 Å². The van der Waals surface area contributed by atoms with Crippen LogP contribution in [0.3, 0.4) is 0 Å². The molecule has 1 amide bonds. The first-order chi connectivity index (χ1) is 12.4. The van der Waals surface area contributed by atoms with Gasteiger partial charge in [0.15, 0.2) is 15.4 Å². The van der Waals surface area contributed by atoms with E-state index in [2.05, 4.69) is 5.32 Å². The second-order valence-corrected chi connectivity index (χ2v) is 8.39. The molecule has 0 radical (unpaired) electrons. The van der Waals surface area contributed by atoms with Gasteiger partial charge in [-0.1, -0.05) is 36.4 Å². The zero-order valence-corrected chi connectivity index (χ0v) is 15.1. The molecule has 5 nitrogen and oxygen atoms in total. The molecule has 2 rings (SSSR count). The number of anilines is 1. The van der Waals surface area contributed by atoms with Crippen molar-refractivity contribution in [2.45, 2.75) is 24.5 Å². The van der Waals surface area contributed by atoms with E-state index in [1.165, 1.54) is 6.07 Å². The number of carbonyl (C=O) groups excluding carboxylic acids is 1. The third kappa shape index (κ3) is 6.07. The molecule has 0 saturated heterocycles. The van der Waals surface area contributed by atoms with E-state index in [0.717, 1.165) is 19.1 Å². The molecule has 9 heteroatoms. The van der Waals surface area contributed by atoms with E-state index in [-0.39, 0.29) is 11.4 Å². The highest BCUT2D eigenvalue weighted by Crippen LogP contribution is 2.30. The molecule has 0 bridgehead atoms. The van der Waals surface area contributed by atoms with E-state index in [0.29, 0.717) is 11.6 Å². The van der Waals surface area contributed by atoms with Crippen LogP contribution in [0.1, 0.15) is 18.1 Å². The predicted octanol–water partition coefficient (Wildman–Crippen LogP) is 3.01. The van der Waals surface area contributed by atoms with Gasteiger partial charge in [0.25, 0.3) is 5.91 Å². The second kappa shape index (κ2) is 7.69. The van der Waals surface area contributed by atoms with Crippen LogP contribution in [0.15, 0.2) is 54.6 Å². The summed E-state index contributed by atoms with van der Waals surface area (Å²) in [7, 11) is -3.85. The van der Waals surface area contributed by atoms with Crippen LogP contribution in [-0.2, 0) is 26.6 Å². The summed E-state index contributed by atoms with van der Waals surface area (Å²) in [5.41, 5.74) is -3.00. The number of amides is 1. The molecule has 1 unspecified atom stereocenters. The zero-order valence-electron chi connectivity index (χ0n) is 14.3. The molecule has 0 heterocycles. The Labute approximate surface area is 154 Å². The van der Waals surface area contributed by atoms with Gasteiger partial charge in [0.2, 0.25) is 0 Å². The van der Waals surface area contributed by atoms with Gasteiger partial charge >= 0.3 is 6.18 Å². The average Bonchev–Trinajstić information content (AvgIpc) is 2.53. The first-order valence-electron chi connectivity index (χ1n) is 7.84. The molecule has 2 N–H and O–H groups in total. The van der Waals surface area contributed by atoms with Crippen LogP contribution in [0.4, 0.5) is 18.9 Å². The van der Waals surface area contributed by atoms with Crippen molar-refractivity contribution in [3.63, 3.8) is 0 Å². The minimum absolute atomic E-state index is 0.199. The molecule has 0 aromatic heterocycles. The highest BCUT2D eigenvalue weighted by molar-refractivity contribution is 7.90. The van der Waals surface area contributed by atoms with Gasteiger partial charge in [-0.25, -0.2) is 8.42 Å². The molecule has 0 aliphatic heterocycles. The summed E-state index contributed by atoms with van der Waals surface area (Å²) in [5, 5.41) is 12.4. The predicted molar refractivity (Wildman–Crippen MR) is 94.6 cm³/mol. The van der Waals surface area contributed by atoms with Gasteiger partial charge in [-0.2, -0.15) is 13.2 Å². The van der Waals surface area contributed by atoms with E-state index in [4.69, 9.17) is 0 Å². The van der Waals surface area contributed by atoms with Crippen molar-refractivity contribution >= 4 is 21.4 Å². The Bertz CT molecular complexity index is 910. The molecular formula is C18H18F3NO4S. The highest BCUT2D eigenvalue weighted by atomic mass is 32.2. The van der Waals surface area contributed by atoms with Crippen LogP contribution in [0, 0.1) is 0 Å². The highest BCUT2D eigenvalue weighted by Gasteiger charge is 2.36. The van der Waals surface area contributed by atoms with E-state index in [1.54, 1.807) is 30.3 Å². The number of alkyl halides is 3. The van der Waals surface area contributed by atoms with E-state index in [1.807, 2.05) is 0 Å². The van der Waals surface area contributed by atoms with E-state index >= 15 is 0 Å². The number of nitrogens with one attached hydrogen (secondary N) is 1. The number of hydrogen-bond acceptors (Lipinski definition) is 4. The maximum atomic E-state index is 12.7. The Hall–Kier alpha value is -2.39. The Morgan fingerprint density at radius 1 is 1.07 bits per heavy atom. The normalized spacial score (nSPS) is 14.4. The van der Waals surface area contributed by atoms with Crippen molar-refractivity contribution in [3.8, 4) is 0 Å². The third-order valence-corrected chi connectivity index (χ3v) is 5.44.